The first-order chi connectivity index (χ1) is 10.0. The van der Waals surface area contributed by atoms with E-state index in [1.165, 1.54) is 11.3 Å². The fourth-order valence-corrected chi connectivity index (χ4v) is 4.49. The summed E-state index contributed by atoms with van der Waals surface area (Å²) < 4.78 is 0.713. The third-order valence-corrected chi connectivity index (χ3v) is 5.76. The summed E-state index contributed by atoms with van der Waals surface area (Å²) in [4.78, 5) is 28.1. The molecule has 2 fully saturated rings. The maximum atomic E-state index is 12.6. The Kier molecular flexibility index (Phi) is 3.97. The molecule has 21 heavy (non-hydrogen) atoms. The van der Waals surface area contributed by atoms with Gasteiger partial charge in [-0.2, -0.15) is 0 Å². The van der Waals surface area contributed by atoms with Gasteiger partial charge in [-0.1, -0.05) is 30.9 Å². The van der Waals surface area contributed by atoms with E-state index in [4.69, 9.17) is 11.6 Å². The quantitative estimate of drug-likeness (QED) is 0.908. The molecule has 4 nitrogen and oxygen atoms in total. The highest BCUT2D eigenvalue weighted by atomic mass is 35.5. The number of thiophene rings is 1. The molecule has 0 aromatic carbocycles. The molecular formula is C15H19ClN2O2S. The Morgan fingerprint density at radius 2 is 2.05 bits per heavy atom. The number of carbonyl (C=O) groups is 2. The van der Waals surface area contributed by atoms with E-state index >= 15 is 0 Å². The van der Waals surface area contributed by atoms with Crippen LogP contribution in [0.15, 0.2) is 12.1 Å². The predicted molar refractivity (Wildman–Crippen MR) is 83.3 cm³/mol. The lowest BCUT2D eigenvalue weighted by atomic mass is 9.77. The van der Waals surface area contributed by atoms with Crippen molar-refractivity contribution < 1.29 is 9.59 Å². The summed E-state index contributed by atoms with van der Waals surface area (Å²) in [5.41, 5.74) is -0.654. The standard InChI is InChI=1S/C15H19ClN2O2S/c1-10-13(19)18(9-11-5-6-12(16)21-11)15(14(20)17-10)7-3-2-4-8-15/h5-6,10H,2-4,7-9H2,1H3,(H,17,20). The molecule has 2 amide bonds. The number of nitrogens with one attached hydrogen (secondary N) is 1. The second-order valence-corrected chi connectivity index (χ2v) is 7.72. The minimum atomic E-state index is -0.654. The summed E-state index contributed by atoms with van der Waals surface area (Å²) in [6.45, 7) is 2.23. The molecule has 114 valence electrons. The van der Waals surface area contributed by atoms with E-state index in [2.05, 4.69) is 5.32 Å². The number of carbonyl (C=O) groups excluding carboxylic acids is 2. The fourth-order valence-electron chi connectivity index (χ4n) is 3.42. The molecule has 1 spiro atoms. The summed E-state index contributed by atoms with van der Waals surface area (Å²) in [5.74, 6) is 0.0259. The number of hydrogen-bond acceptors (Lipinski definition) is 3. The summed E-state index contributed by atoms with van der Waals surface area (Å²) in [7, 11) is 0. The molecule has 1 N–H and O–H groups in total. The van der Waals surface area contributed by atoms with Crippen LogP contribution in [0, 0.1) is 0 Å². The number of amides is 2. The van der Waals surface area contributed by atoms with Gasteiger partial charge in [-0.25, -0.2) is 0 Å². The van der Waals surface area contributed by atoms with Gasteiger partial charge in [0.2, 0.25) is 11.8 Å². The molecule has 1 aliphatic heterocycles. The smallest absolute Gasteiger partial charge is 0.246 e. The molecule has 1 saturated carbocycles. The molecular weight excluding hydrogens is 308 g/mol. The highest BCUT2D eigenvalue weighted by Gasteiger charge is 2.51. The minimum absolute atomic E-state index is 0.0111. The molecule has 6 heteroatoms. The van der Waals surface area contributed by atoms with Crippen molar-refractivity contribution in [2.45, 2.75) is 57.2 Å². The third-order valence-electron chi connectivity index (χ3n) is 4.55. The first kappa shape index (κ1) is 14.9. The maximum Gasteiger partial charge on any atom is 0.246 e. The minimum Gasteiger partial charge on any atom is -0.343 e. The zero-order valence-corrected chi connectivity index (χ0v) is 13.6. The van der Waals surface area contributed by atoms with Crippen LogP contribution in [0.2, 0.25) is 4.34 Å². The Hall–Kier alpha value is -1.07. The molecule has 3 rings (SSSR count). The van der Waals surface area contributed by atoms with Crippen molar-refractivity contribution in [1.29, 1.82) is 0 Å². The first-order valence-corrected chi connectivity index (χ1v) is 8.59. The molecule has 1 aliphatic carbocycles. The second kappa shape index (κ2) is 5.61. The Morgan fingerprint density at radius 3 is 2.67 bits per heavy atom. The summed E-state index contributed by atoms with van der Waals surface area (Å²) in [6.07, 6.45) is 4.65. The van der Waals surface area contributed by atoms with Crippen LogP contribution in [0.3, 0.4) is 0 Å². The normalized spacial score (nSPS) is 25.2. The van der Waals surface area contributed by atoms with Crippen LogP contribution in [0.4, 0.5) is 0 Å². The largest absolute Gasteiger partial charge is 0.343 e. The molecule has 2 heterocycles. The monoisotopic (exact) mass is 326 g/mol. The van der Waals surface area contributed by atoms with Crippen LogP contribution >= 0.6 is 22.9 Å². The zero-order valence-electron chi connectivity index (χ0n) is 12.0. The SMILES string of the molecule is CC1NC(=O)C2(CCCCC2)N(Cc2ccc(Cl)s2)C1=O. The van der Waals surface area contributed by atoms with Gasteiger partial charge in [0.25, 0.3) is 0 Å². The first-order valence-electron chi connectivity index (χ1n) is 7.39. The molecule has 1 atom stereocenters. The molecule has 1 saturated heterocycles. The number of nitrogens with zero attached hydrogens (tertiary/aromatic N) is 1. The summed E-state index contributed by atoms with van der Waals surface area (Å²) >= 11 is 7.46. The summed E-state index contributed by atoms with van der Waals surface area (Å²) in [6, 6.07) is 3.33. The molecule has 1 unspecified atom stereocenters. The number of piperazine rings is 1. The van der Waals surface area contributed by atoms with Crippen molar-refractivity contribution in [3.05, 3.63) is 21.3 Å². The van der Waals surface area contributed by atoms with Crippen LogP contribution in [0.1, 0.15) is 43.9 Å². The van der Waals surface area contributed by atoms with Crippen LogP contribution < -0.4 is 5.32 Å². The van der Waals surface area contributed by atoms with Gasteiger partial charge in [-0.05, 0) is 31.9 Å². The highest BCUT2D eigenvalue weighted by molar-refractivity contribution is 7.16. The molecule has 2 aliphatic rings. The van der Waals surface area contributed by atoms with Crippen LogP contribution in [0.25, 0.3) is 0 Å². The predicted octanol–water partition coefficient (Wildman–Crippen LogP) is 2.95. The van der Waals surface area contributed by atoms with Gasteiger partial charge in [-0.15, -0.1) is 11.3 Å². The van der Waals surface area contributed by atoms with Gasteiger partial charge in [0.1, 0.15) is 11.6 Å². The average molecular weight is 327 g/mol. The van der Waals surface area contributed by atoms with Crippen molar-refractivity contribution in [3.63, 3.8) is 0 Å². The lowest BCUT2D eigenvalue weighted by Crippen LogP contribution is -2.70. The number of rotatable bonds is 2. The Labute approximate surface area is 133 Å². The van der Waals surface area contributed by atoms with Crippen molar-refractivity contribution in [3.8, 4) is 0 Å². The van der Waals surface area contributed by atoms with Crippen molar-refractivity contribution in [2.24, 2.45) is 0 Å². The van der Waals surface area contributed by atoms with E-state index in [0.29, 0.717) is 10.9 Å². The van der Waals surface area contributed by atoms with E-state index in [9.17, 15) is 9.59 Å². The zero-order chi connectivity index (χ0) is 15.0. The van der Waals surface area contributed by atoms with E-state index in [-0.39, 0.29) is 11.8 Å². The van der Waals surface area contributed by atoms with Gasteiger partial charge < -0.3 is 10.2 Å². The van der Waals surface area contributed by atoms with Gasteiger partial charge in [-0.3, -0.25) is 9.59 Å². The van der Waals surface area contributed by atoms with Crippen molar-refractivity contribution in [2.75, 3.05) is 0 Å². The molecule has 1 aromatic heterocycles. The third kappa shape index (κ3) is 2.57. The Morgan fingerprint density at radius 1 is 1.33 bits per heavy atom. The van der Waals surface area contributed by atoms with Crippen LogP contribution in [-0.2, 0) is 16.1 Å². The maximum absolute atomic E-state index is 12.6. The number of halogens is 1. The van der Waals surface area contributed by atoms with Gasteiger partial charge in [0, 0.05) is 4.88 Å². The average Bonchev–Trinajstić information content (AvgIpc) is 2.88. The van der Waals surface area contributed by atoms with Crippen molar-refractivity contribution >= 4 is 34.8 Å². The van der Waals surface area contributed by atoms with Gasteiger partial charge >= 0.3 is 0 Å². The lowest BCUT2D eigenvalue weighted by molar-refractivity contribution is -0.160. The second-order valence-electron chi connectivity index (χ2n) is 5.92. The molecule has 0 bridgehead atoms. The fraction of sp³-hybridized carbons (Fsp3) is 0.600. The van der Waals surface area contributed by atoms with Gasteiger partial charge in [0.05, 0.1) is 10.9 Å². The van der Waals surface area contributed by atoms with Gasteiger partial charge in [0.15, 0.2) is 0 Å². The van der Waals surface area contributed by atoms with Crippen LogP contribution in [-0.4, -0.2) is 28.3 Å². The van der Waals surface area contributed by atoms with E-state index in [0.717, 1.165) is 37.0 Å². The Bertz CT molecular complexity index is 566. The topological polar surface area (TPSA) is 49.4 Å². The van der Waals surface area contributed by atoms with E-state index in [1.54, 1.807) is 11.8 Å². The van der Waals surface area contributed by atoms with Crippen LogP contribution in [0.5, 0.6) is 0 Å². The van der Waals surface area contributed by atoms with E-state index in [1.807, 2.05) is 12.1 Å². The Balaban J connectivity index is 1.93. The number of hydrogen-bond donors (Lipinski definition) is 1. The lowest BCUT2D eigenvalue weighted by Gasteiger charge is -2.49. The molecule has 1 aromatic rings. The highest BCUT2D eigenvalue weighted by Crippen LogP contribution is 2.38. The van der Waals surface area contributed by atoms with Crippen molar-refractivity contribution in [1.82, 2.24) is 10.2 Å². The summed E-state index contributed by atoms with van der Waals surface area (Å²) in [5, 5.41) is 2.86. The molecule has 0 radical (unpaired) electrons. The van der Waals surface area contributed by atoms with E-state index < -0.39 is 11.6 Å².